The van der Waals surface area contributed by atoms with Gasteiger partial charge in [-0.15, -0.1) is 0 Å². The average Bonchev–Trinajstić information content (AvgIpc) is 3.34. The van der Waals surface area contributed by atoms with Gasteiger partial charge in [-0.25, -0.2) is 0 Å². The Labute approximate surface area is 168 Å². The van der Waals surface area contributed by atoms with Gasteiger partial charge in [-0.2, -0.15) is 0 Å². The first-order chi connectivity index (χ1) is 13.6. The van der Waals surface area contributed by atoms with Crippen LogP contribution in [0.2, 0.25) is 0 Å². The highest BCUT2D eigenvalue weighted by Gasteiger charge is 2.61. The Balaban J connectivity index is 1.33. The molecule has 4 saturated carbocycles. The maximum Gasteiger partial charge on any atom is 0.141 e. The van der Waals surface area contributed by atoms with E-state index in [1.807, 2.05) is 0 Å². The molecule has 5 heteroatoms. The van der Waals surface area contributed by atoms with E-state index in [-0.39, 0.29) is 16.9 Å². The predicted octanol–water partition coefficient (Wildman–Crippen LogP) is 3.31. The van der Waals surface area contributed by atoms with E-state index < -0.39 is 0 Å². The minimum atomic E-state index is -0.0743. The zero-order valence-corrected chi connectivity index (χ0v) is 17.3. The number of ketones is 1. The summed E-state index contributed by atoms with van der Waals surface area (Å²) in [5, 5.41) is 18.5. The topological polar surface area (TPSA) is 70.9 Å². The summed E-state index contributed by atoms with van der Waals surface area (Å²) in [6.07, 6.45) is 10.7. The molecule has 1 saturated heterocycles. The second-order valence-electron chi connectivity index (χ2n) is 10.5. The molecule has 28 heavy (non-hydrogen) atoms. The third-order valence-corrected chi connectivity index (χ3v) is 9.55. The Hall–Kier alpha value is -0.940. The van der Waals surface area contributed by atoms with Crippen molar-refractivity contribution in [1.82, 2.24) is 5.32 Å². The Morgan fingerprint density at radius 2 is 2.04 bits per heavy atom. The molecule has 5 fully saturated rings. The molecule has 5 rings (SSSR count). The molecule has 5 nitrogen and oxygen atoms in total. The Kier molecular flexibility index (Phi) is 4.82. The summed E-state index contributed by atoms with van der Waals surface area (Å²) in [5.74, 6) is 2.80. The molecule has 0 radical (unpaired) electrons. The maximum absolute atomic E-state index is 12.6. The lowest BCUT2D eigenvalue weighted by atomic mass is 9.45. The van der Waals surface area contributed by atoms with E-state index in [0.29, 0.717) is 36.1 Å². The molecule has 156 valence electrons. The van der Waals surface area contributed by atoms with Crippen molar-refractivity contribution >= 4 is 11.5 Å². The molecular formula is C23H36N2O3. The lowest BCUT2D eigenvalue weighted by Gasteiger charge is -2.60. The number of carbonyl (C=O) groups excluding carboxylic acids is 1. The highest BCUT2D eigenvalue weighted by molar-refractivity contribution is 5.87. The van der Waals surface area contributed by atoms with Gasteiger partial charge in [0.15, 0.2) is 0 Å². The van der Waals surface area contributed by atoms with Crippen LogP contribution in [-0.4, -0.2) is 42.4 Å². The number of rotatable bonds is 3. The van der Waals surface area contributed by atoms with Crippen molar-refractivity contribution in [2.75, 3.05) is 19.7 Å². The van der Waals surface area contributed by atoms with E-state index in [1.165, 1.54) is 18.6 Å². The van der Waals surface area contributed by atoms with E-state index in [0.717, 1.165) is 64.5 Å². The molecule has 6 unspecified atom stereocenters. The van der Waals surface area contributed by atoms with Crippen molar-refractivity contribution in [1.29, 1.82) is 0 Å². The van der Waals surface area contributed by atoms with Crippen molar-refractivity contribution in [2.24, 2.45) is 39.7 Å². The van der Waals surface area contributed by atoms with Crippen LogP contribution in [0.15, 0.2) is 5.16 Å². The summed E-state index contributed by atoms with van der Waals surface area (Å²) >= 11 is 0. The second-order valence-corrected chi connectivity index (χ2v) is 10.5. The Bertz CT molecular complexity index is 658. The molecule has 4 aliphatic carbocycles. The highest BCUT2D eigenvalue weighted by Crippen LogP contribution is 2.65. The zero-order valence-electron chi connectivity index (χ0n) is 17.3. The van der Waals surface area contributed by atoms with Crippen LogP contribution >= 0.6 is 0 Å². The van der Waals surface area contributed by atoms with Crippen LogP contribution in [0.25, 0.3) is 0 Å². The first kappa shape index (κ1) is 19.0. The smallest absolute Gasteiger partial charge is 0.141 e. The molecular weight excluding hydrogens is 352 g/mol. The first-order valence-corrected chi connectivity index (χ1v) is 11.6. The van der Waals surface area contributed by atoms with E-state index in [1.54, 1.807) is 0 Å². The van der Waals surface area contributed by atoms with Gasteiger partial charge in [0.05, 0.1) is 5.71 Å². The molecule has 1 aliphatic heterocycles. The van der Waals surface area contributed by atoms with Gasteiger partial charge >= 0.3 is 0 Å². The highest BCUT2D eigenvalue weighted by atomic mass is 16.6. The minimum Gasteiger partial charge on any atom is -0.396 e. The van der Waals surface area contributed by atoms with Crippen LogP contribution in [0.1, 0.15) is 71.1 Å². The van der Waals surface area contributed by atoms with Gasteiger partial charge in [0.25, 0.3) is 0 Å². The fraction of sp³-hybridized carbons (Fsp3) is 0.913. The molecule has 0 amide bonds. The van der Waals surface area contributed by atoms with Crippen molar-refractivity contribution in [3.63, 3.8) is 0 Å². The lowest BCUT2D eigenvalue weighted by Crippen LogP contribution is -2.56. The van der Waals surface area contributed by atoms with Gasteiger partial charge in [0, 0.05) is 36.8 Å². The number of hydrogen-bond acceptors (Lipinski definition) is 5. The van der Waals surface area contributed by atoms with Gasteiger partial charge in [-0.05, 0) is 81.6 Å². The van der Waals surface area contributed by atoms with Crippen LogP contribution < -0.4 is 5.32 Å². The standard InChI is InChI=1S/C23H36N2O3/c1-22-9-7-20-18(19(22)4-5-21(22)27)3-2-15-12-16(6-10-23(15,20)14-26)25-28-17-8-11-24-13-17/h15,17-20,24,26H,2-14H2,1H3/b25-16+/t15?,17?,18?,19?,20?,22?,23-/m1/s1. The van der Waals surface area contributed by atoms with Crippen LogP contribution in [0.4, 0.5) is 0 Å². The number of carbonyl (C=O) groups is 1. The summed E-state index contributed by atoms with van der Waals surface area (Å²) < 4.78 is 0. The summed E-state index contributed by atoms with van der Waals surface area (Å²) in [4.78, 5) is 18.4. The SMILES string of the molecule is CC12CCC3C(CCC4C/C(=N/OC5CCNC5)CC[C@@]43CO)C1CCC2=O. The molecule has 0 spiro atoms. The molecule has 2 N–H and O–H groups in total. The predicted molar refractivity (Wildman–Crippen MR) is 108 cm³/mol. The summed E-state index contributed by atoms with van der Waals surface area (Å²) in [7, 11) is 0. The molecule has 0 aromatic heterocycles. The van der Waals surface area contributed by atoms with Crippen LogP contribution in [-0.2, 0) is 9.63 Å². The van der Waals surface area contributed by atoms with Crippen LogP contribution in [0.5, 0.6) is 0 Å². The van der Waals surface area contributed by atoms with Crippen molar-refractivity contribution in [3.05, 3.63) is 0 Å². The number of nitrogens with zero attached hydrogens (tertiary/aromatic N) is 1. The van der Waals surface area contributed by atoms with E-state index in [2.05, 4.69) is 17.4 Å². The molecule has 0 bridgehead atoms. The first-order valence-electron chi connectivity index (χ1n) is 11.6. The van der Waals surface area contributed by atoms with Crippen LogP contribution in [0.3, 0.4) is 0 Å². The van der Waals surface area contributed by atoms with Crippen molar-refractivity contribution in [2.45, 2.75) is 77.2 Å². The third-order valence-electron chi connectivity index (χ3n) is 9.55. The van der Waals surface area contributed by atoms with E-state index >= 15 is 0 Å². The molecule has 0 aromatic rings. The molecule has 1 heterocycles. The fourth-order valence-electron chi connectivity index (χ4n) is 7.89. The maximum atomic E-state index is 12.6. The van der Waals surface area contributed by atoms with Gasteiger partial charge in [0.1, 0.15) is 11.9 Å². The van der Waals surface area contributed by atoms with Crippen molar-refractivity contribution in [3.8, 4) is 0 Å². The zero-order chi connectivity index (χ0) is 19.4. The van der Waals surface area contributed by atoms with Crippen molar-refractivity contribution < 1.29 is 14.7 Å². The normalized spacial score (nSPS) is 49.6. The summed E-state index contributed by atoms with van der Waals surface area (Å²) in [6.45, 7) is 4.47. The number of Topliss-reactive ketones (excluding diaryl/α,β-unsaturated/α-hetero) is 1. The Morgan fingerprint density at radius 1 is 1.14 bits per heavy atom. The molecule has 5 aliphatic rings. The monoisotopic (exact) mass is 388 g/mol. The summed E-state index contributed by atoms with van der Waals surface area (Å²) in [5.41, 5.74) is 1.18. The van der Waals surface area contributed by atoms with Gasteiger partial charge in [-0.3, -0.25) is 4.79 Å². The fourth-order valence-corrected chi connectivity index (χ4v) is 7.89. The Morgan fingerprint density at radius 3 is 2.82 bits per heavy atom. The third kappa shape index (κ3) is 2.79. The van der Waals surface area contributed by atoms with E-state index in [4.69, 9.17) is 4.84 Å². The average molecular weight is 389 g/mol. The van der Waals surface area contributed by atoms with Gasteiger partial charge in [0.2, 0.25) is 0 Å². The number of aliphatic hydroxyl groups excluding tert-OH is 1. The van der Waals surface area contributed by atoms with E-state index in [9.17, 15) is 9.90 Å². The van der Waals surface area contributed by atoms with Gasteiger partial charge in [-0.1, -0.05) is 12.1 Å². The second kappa shape index (κ2) is 7.09. The quantitative estimate of drug-likeness (QED) is 0.728. The number of aliphatic hydroxyl groups is 1. The molecule has 0 aromatic carbocycles. The van der Waals surface area contributed by atoms with Gasteiger partial charge < -0.3 is 15.3 Å². The summed E-state index contributed by atoms with van der Waals surface area (Å²) in [6, 6.07) is 0. The number of hydrogen-bond donors (Lipinski definition) is 2. The number of oxime groups is 1. The minimum absolute atomic E-state index is 0.0455. The largest absolute Gasteiger partial charge is 0.396 e. The molecule has 7 atom stereocenters. The van der Waals surface area contributed by atoms with Crippen LogP contribution in [0, 0.1) is 34.5 Å². The number of fused-ring (bicyclic) bond motifs is 5. The number of nitrogens with one attached hydrogen (secondary N) is 1. The lowest BCUT2D eigenvalue weighted by molar-refractivity contribution is -0.143.